The summed E-state index contributed by atoms with van der Waals surface area (Å²) in [5.74, 6) is -2.76. The van der Waals surface area contributed by atoms with Gasteiger partial charge in [0.1, 0.15) is 5.75 Å². The van der Waals surface area contributed by atoms with Crippen LogP contribution in [0.2, 0.25) is 0 Å². The topological polar surface area (TPSA) is 90.3 Å². The number of ether oxygens (including phenoxy) is 1. The number of hydrogen-bond acceptors (Lipinski definition) is 5. The van der Waals surface area contributed by atoms with Crippen molar-refractivity contribution >= 4 is 43.8 Å². The third-order valence-electron chi connectivity index (χ3n) is 4.57. The van der Waals surface area contributed by atoms with Crippen LogP contribution < -0.4 is 4.74 Å². The highest BCUT2D eigenvalue weighted by Crippen LogP contribution is 2.26. The molecule has 2 N–H and O–H groups in total. The average molecular weight is 544 g/mol. The molecule has 1 heterocycles. The smallest absolute Gasteiger partial charge is 0.414 e. The third kappa shape index (κ3) is 8.06. The van der Waals surface area contributed by atoms with Crippen molar-refractivity contribution in [2.45, 2.75) is 13.1 Å². The maximum Gasteiger partial charge on any atom is 0.414 e. The van der Waals surface area contributed by atoms with Crippen LogP contribution in [0.3, 0.4) is 0 Å². The second-order valence-electron chi connectivity index (χ2n) is 6.76. The number of carboxylic acid groups (broad SMARTS) is 2. The highest BCUT2D eigenvalue weighted by molar-refractivity contribution is 9.10. The van der Waals surface area contributed by atoms with Gasteiger partial charge in [-0.2, -0.15) is 0 Å². The van der Waals surface area contributed by atoms with E-state index in [-0.39, 0.29) is 0 Å². The van der Waals surface area contributed by atoms with Gasteiger partial charge in [0.2, 0.25) is 0 Å². The molecule has 0 bridgehead atoms. The van der Waals surface area contributed by atoms with E-state index in [1.165, 1.54) is 11.1 Å². The Morgan fingerprint density at radius 2 is 1.43 bits per heavy atom. The lowest BCUT2D eigenvalue weighted by atomic mass is 10.1. The molecule has 1 aliphatic heterocycles. The van der Waals surface area contributed by atoms with Crippen LogP contribution in [0.15, 0.2) is 51.4 Å². The van der Waals surface area contributed by atoms with Crippen LogP contribution in [-0.2, 0) is 22.7 Å². The van der Waals surface area contributed by atoms with Gasteiger partial charge in [-0.05, 0) is 51.3 Å². The summed E-state index contributed by atoms with van der Waals surface area (Å²) in [5, 5.41) is 14.8. The van der Waals surface area contributed by atoms with Gasteiger partial charge in [0.25, 0.3) is 0 Å². The molecule has 0 spiro atoms. The lowest BCUT2D eigenvalue weighted by Crippen LogP contribution is -2.45. The number of nitrogens with zero attached hydrogens (tertiary/aromatic N) is 2. The molecule has 0 aliphatic carbocycles. The van der Waals surface area contributed by atoms with Gasteiger partial charge in [0.05, 0.1) is 11.6 Å². The average Bonchev–Trinajstić information content (AvgIpc) is 2.70. The number of benzene rings is 2. The van der Waals surface area contributed by atoms with E-state index >= 15 is 0 Å². The SMILES string of the molecule is COc1ccc(CN2CCN(Cc3cccc(Br)c3)CC2)cc1Br.O=C(O)C(=O)O. The molecule has 0 radical (unpaired) electrons. The van der Waals surface area contributed by atoms with Crippen molar-refractivity contribution in [2.24, 2.45) is 0 Å². The fourth-order valence-corrected chi connectivity index (χ4v) is 4.10. The molecule has 7 nitrogen and oxygen atoms in total. The van der Waals surface area contributed by atoms with E-state index in [1.807, 2.05) is 6.07 Å². The van der Waals surface area contributed by atoms with E-state index < -0.39 is 11.9 Å². The van der Waals surface area contributed by atoms with Gasteiger partial charge in [-0.1, -0.05) is 34.1 Å². The van der Waals surface area contributed by atoms with E-state index in [1.54, 1.807) is 7.11 Å². The molecule has 2 aromatic rings. The lowest BCUT2D eigenvalue weighted by Gasteiger charge is -2.34. The monoisotopic (exact) mass is 542 g/mol. The standard InChI is InChI=1S/C19H22Br2N2O.C2H2O4/c1-24-19-6-5-16(12-18(19)21)14-23-9-7-22(8-10-23)13-15-3-2-4-17(20)11-15;3-1(4)2(5)6/h2-6,11-12H,7-10,13-14H2,1H3;(H,3,4)(H,5,6). The minimum Gasteiger partial charge on any atom is -0.496 e. The third-order valence-corrected chi connectivity index (χ3v) is 5.68. The molecule has 162 valence electrons. The number of hydrogen-bond donors (Lipinski definition) is 2. The minimum atomic E-state index is -1.82. The molecule has 3 rings (SSSR count). The summed E-state index contributed by atoms with van der Waals surface area (Å²) in [6.07, 6.45) is 0. The van der Waals surface area contributed by atoms with Crippen molar-refractivity contribution in [2.75, 3.05) is 33.3 Å². The molecule has 1 saturated heterocycles. The van der Waals surface area contributed by atoms with E-state index in [0.717, 1.165) is 54.0 Å². The highest BCUT2D eigenvalue weighted by atomic mass is 79.9. The fourth-order valence-electron chi connectivity index (χ4n) is 3.07. The Morgan fingerprint density at radius 3 is 1.87 bits per heavy atom. The maximum absolute atomic E-state index is 9.10. The molecule has 9 heteroatoms. The molecule has 1 aliphatic rings. The molecule has 2 aromatic carbocycles. The largest absolute Gasteiger partial charge is 0.496 e. The number of carboxylic acids is 2. The van der Waals surface area contributed by atoms with Gasteiger partial charge < -0.3 is 14.9 Å². The van der Waals surface area contributed by atoms with Crippen molar-refractivity contribution in [1.29, 1.82) is 0 Å². The molecular formula is C21H24Br2N2O5. The number of rotatable bonds is 5. The van der Waals surface area contributed by atoms with Crippen LogP contribution in [0.4, 0.5) is 0 Å². The summed E-state index contributed by atoms with van der Waals surface area (Å²) < 4.78 is 7.48. The summed E-state index contributed by atoms with van der Waals surface area (Å²) in [5.41, 5.74) is 2.69. The quantitative estimate of drug-likeness (QED) is 0.556. The highest BCUT2D eigenvalue weighted by Gasteiger charge is 2.17. The summed E-state index contributed by atoms with van der Waals surface area (Å²) >= 11 is 7.12. The number of piperazine rings is 1. The van der Waals surface area contributed by atoms with Crippen molar-refractivity contribution in [3.8, 4) is 5.75 Å². The maximum atomic E-state index is 9.10. The zero-order chi connectivity index (χ0) is 22.1. The Labute approximate surface area is 192 Å². The van der Waals surface area contributed by atoms with Gasteiger partial charge in [-0.3, -0.25) is 9.80 Å². The second-order valence-corrected chi connectivity index (χ2v) is 8.53. The van der Waals surface area contributed by atoms with Crippen LogP contribution in [0.5, 0.6) is 5.75 Å². The predicted octanol–water partition coefficient (Wildman–Crippen LogP) is 3.69. The normalized spacial score (nSPS) is 14.5. The van der Waals surface area contributed by atoms with Crippen molar-refractivity contribution in [3.05, 3.63) is 62.5 Å². The molecule has 0 aromatic heterocycles. The first-order chi connectivity index (χ1) is 14.3. The predicted molar refractivity (Wildman–Crippen MR) is 121 cm³/mol. The summed E-state index contributed by atoms with van der Waals surface area (Å²) in [6.45, 7) is 6.47. The molecule has 0 amide bonds. The van der Waals surface area contributed by atoms with Crippen molar-refractivity contribution < 1.29 is 24.5 Å². The van der Waals surface area contributed by atoms with Crippen LogP contribution in [0.1, 0.15) is 11.1 Å². The van der Waals surface area contributed by atoms with E-state index in [4.69, 9.17) is 24.5 Å². The van der Waals surface area contributed by atoms with Crippen molar-refractivity contribution in [1.82, 2.24) is 9.80 Å². The summed E-state index contributed by atoms with van der Waals surface area (Å²) in [7, 11) is 1.70. The zero-order valence-corrected chi connectivity index (χ0v) is 19.7. The number of methoxy groups -OCH3 is 1. The Kier molecular flexibility index (Phi) is 9.77. The van der Waals surface area contributed by atoms with Crippen LogP contribution in [0.25, 0.3) is 0 Å². The van der Waals surface area contributed by atoms with Crippen molar-refractivity contribution in [3.63, 3.8) is 0 Å². The molecular weight excluding hydrogens is 520 g/mol. The van der Waals surface area contributed by atoms with Gasteiger partial charge >= 0.3 is 11.9 Å². The van der Waals surface area contributed by atoms with Crippen LogP contribution >= 0.6 is 31.9 Å². The number of halogens is 2. The molecule has 30 heavy (non-hydrogen) atoms. The number of carbonyl (C=O) groups is 2. The molecule has 0 saturated carbocycles. The molecule has 0 atom stereocenters. The summed E-state index contributed by atoms with van der Waals surface area (Å²) in [4.78, 5) is 23.2. The first-order valence-electron chi connectivity index (χ1n) is 9.26. The molecule has 0 unspecified atom stereocenters. The Balaban J connectivity index is 0.000000469. The number of aliphatic carboxylic acids is 2. The fraction of sp³-hybridized carbons (Fsp3) is 0.333. The first kappa shape index (κ1) is 24.3. The van der Waals surface area contributed by atoms with Crippen LogP contribution in [0, 0.1) is 0 Å². The zero-order valence-electron chi connectivity index (χ0n) is 16.6. The summed E-state index contributed by atoms with van der Waals surface area (Å²) in [6, 6.07) is 14.9. The minimum absolute atomic E-state index is 0.887. The second kappa shape index (κ2) is 12.0. The van der Waals surface area contributed by atoms with Crippen LogP contribution in [-0.4, -0.2) is 65.2 Å². The molecule has 1 fully saturated rings. The van der Waals surface area contributed by atoms with E-state index in [2.05, 4.69) is 78.1 Å². The first-order valence-corrected chi connectivity index (χ1v) is 10.8. The van der Waals surface area contributed by atoms with Gasteiger partial charge in [0, 0.05) is 43.7 Å². The van der Waals surface area contributed by atoms with E-state index in [9.17, 15) is 0 Å². The van der Waals surface area contributed by atoms with E-state index in [0.29, 0.717) is 0 Å². The van der Waals surface area contributed by atoms with Gasteiger partial charge in [0.15, 0.2) is 0 Å². The van der Waals surface area contributed by atoms with Gasteiger partial charge in [-0.25, -0.2) is 9.59 Å². The Hall–Kier alpha value is -1.94. The Bertz CT molecular complexity index is 858. The lowest BCUT2D eigenvalue weighted by molar-refractivity contribution is -0.159. The van der Waals surface area contributed by atoms with Gasteiger partial charge in [-0.15, -0.1) is 0 Å². The Morgan fingerprint density at radius 1 is 0.900 bits per heavy atom.